The van der Waals surface area contributed by atoms with Crippen LogP contribution in [0.3, 0.4) is 0 Å². The van der Waals surface area contributed by atoms with Crippen LogP contribution in [0.4, 0.5) is 0 Å². The van der Waals surface area contributed by atoms with Crippen LogP contribution < -0.4 is 0 Å². The van der Waals surface area contributed by atoms with Gasteiger partial charge >= 0.3 is 11.9 Å². The molecule has 7 nitrogen and oxygen atoms in total. The second-order valence-electron chi connectivity index (χ2n) is 5.58. The summed E-state index contributed by atoms with van der Waals surface area (Å²) in [5.41, 5.74) is 0. The zero-order valence-electron chi connectivity index (χ0n) is 14.2. The number of methoxy groups -OCH3 is 1. The first-order chi connectivity index (χ1) is 11.1. The predicted molar refractivity (Wildman–Crippen MR) is 81.6 cm³/mol. The smallest absolute Gasteiger partial charge is 0.306 e. The molecule has 1 aliphatic rings. The molecule has 0 radical (unpaired) electrons. The highest BCUT2D eigenvalue weighted by Crippen LogP contribution is 2.28. The Morgan fingerprint density at radius 1 is 1.00 bits per heavy atom. The minimum atomic E-state index is -0.868. The van der Waals surface area contributed by atoms with Crippen LogP contribution in [0.25, 0.3) is 0 Å². The van der Waals surface area contributed by atoms with Crippen molar-refractivity contribution in [1.82, 2.24) is 0 Å². The van der Waals surface area contributed by atoms with E-state index < -0.39 is 36.5 Å². The van der Waals surface area contributed by atoms with E-state index in [1.54, 1.807) is 0 Å². The summed E-state index contributed by atoms with van der Waals surface area (Å²) in [6, 6.07) is 0. The van der Waals surface area contributed by atoms with Gasteiger partial charge in [-0.2, -0.15) is 0 Å². The highest BCUT2D eigenvalue weighted by molar-refractivity contribution is 5.70. The van der Waals surface area contributed by atoms with Gasteiger partial charge in [0, 0.05) is 20.0 Å². The van der Waals surface area contributed by atoms with Crippen LogP contribution in [0.2, 0.25) is 0 Å². The highest BCUT2D eigenvalue weighted by Gasteiger charge is 2.49. The molecule has 1 heterocycles. The molecule has 4 atom stereocenters. The molecule has 0 aromatic carbocycles. The number of esters is 2. The SMILES string of the molecule is CCCCC(=O)OC1C(CO)OC(OC)C1OC(=O)CCCC. The minimum Gasteiger partial charge on any atom is -0.455 e. The number of ether oxygens (including phenoxy) is 4. The van der Waals surface area contributed by atoms with Gasteiger partial charge in [0.05, 0.1) is 6.61 Å². The van der Waals surface area contributed by atoms with E-state index in [1.165, 1.54) is 7.11 Å². The molecular formula is C16H28O7. The normalized spacial score (nSPS) is 27.0. The molecule has 1 aliphatic heterocycles. The van der Waals surface area contributed by atoms with Crippen LogP contribution in [0.1, 0.15) is 52.4 Å². The van der Waals surface area contributed by atoms with Gasteiger partial charge in [-0.1, -0.05) is 26.7 Å². The monoisotopic (exact) mass is 332 g/mol. The first-order valence-corrected chi connectivity index (χ1v) is 8.25. The zero-order chi connectivity index (χ0) is 17.2. The van der Waals surface area contributed by atoms with E-state index in [-0.39, 0.29) is 19.4 Å². The number of carbonyl (C=O) groups excluding carboxylic acids is 2. The zero-order valence-corrected chi connectivity index (χ0v) is 14.2. The van der Waals surface area contributed by atoms with Crippen LogP contribution in [-0.2, 0) is 28.5 Å². The predicted octanol–water partition coefficient (Wildman–Crippen LogP) is 1.55. The van der Waals surface area contributed by atoms with Crippen LogP contribution in [0.5, 0.6) is 0 Å². The van der Waals surface area contributed by atoms with E-state index in [2.05, 4.69) is 0 Å². The Morgan fingerprint density at radius 2 is 1.52 bits per heavy atom. The van der Waals surface area contributed by atoms with Crippen molar-refractivity contribution in [3.63, 3.8) is 0 Å². The third-order valence-corrected chi connectivity index (χ3v) is 3.68. The fraction of sp³-hybridized carbons (Fsp3) is 0.875. The van der Waals surface area contributed by atoms with E-state index >= 15 is 0 Å². The van der Waals surface area contributed by atoms with Gasteiger partial charge in [0.1, 0.15) is 6.10 Å². The third-order valence-electron chi connectivity index (χ3n) is 3.68. The van der Waals surface area contributed by atoms with Crippen molar-refractivity contribution in [1.29, 1.82) is 0 Å². The summed E-state index contributed by atoms with van der Waals surface area (Å²) in [6.45, 7) is 3.60. The fourth-order valence-corrected chi connectivity index (χ4v) is 2.36. The Morgan fingerprint density at radius 3 is 1.96 bits per heavy atom. The third kappa shape index (κ3) is 6.08. The molecular weight excluding hydrogens is 304 g/mol. The summed E-state index contributed by atoms with van der Waals surface area (Å²) in [7, 11) is 1.41. The molecule has 1 rings (SSSR count). The minimum absolute atomic E-state index is 0.277. The Balaban J connectivity index is 2.73. The molecule has 0 bridgehead atoms. The number of rotatable bonds is 10. The maximum atomic E-state index is 11.9. The van der Waals surface area contributed by atoms with Crippen molar-refractivity contribution >= 4 is 11.9 Å². The quantitative estimate of drug-likeness (QED) is 0.607. The van der Waals surface area contributed by atoms with Gasteiger partial charge in [0.25, 0.3) is 0 Å². The van der Waals surface area contributed by atoms with E-state index in [0.717, 1.165) is 12.8 Å². The summed E-state index contributed by atoms with van der Waals surface area (Å²) in [4.78, 5) is 23.8. The highest BCUT2D eigenvalue weighted by atomic mass is 16.7. The van der Waals surface area contributed by atoms with Crippen molar-refractivity contribution in [3.05, 3.63) is 0 Å². The summed E-state index contributed by atoms with van der Waals surface area (Å²) in [6.07, 6.45) is 0.375. The molecule has 134 valence electrons. The molecule has 0 saturated carbocycles. The number of carbonyl (C=O) groups is 2. The molecule has 0 aromatic rings. The van der Waals surface area contributed by atoms with Crippen molar-refractivity contribution in [2.75, 3.05) is 13.7 Å². The maximum Gasteiger partial charge on any atom is 0.306 e. The number of hydrogen-bond acceptors (Lipinski definition) is 7. The number of aliphatic hydroxyl groups is 1. The van der Waals surface area contributed by atoms with Crippen LogP contribution in [0.15, 0.2) is 0 Å². The second kappa shape index (κ2) is 10.6. The van der Waals surface area contributed by atoms with E-state index in [9.17, 15) is 14.7 Å². The van der Waals surface area contributed by atoms with Crippen LogP contribution >= 0.6 is 0 Å². The van der Waals surface area contributed by atoms with Crippen LogP contribution in [-0.4, -0.2) is 55.4 Å². The molecule has 0 amide bonds. The fourth-order valence-electron chi connectivity index (χ4n) is 2.36. The van der Waals surface area contributed by atoms with Gasteiger partial charge in [0.2, 0.25) is 0 Å². The van der Waals surface area contributed by atoms with Crippen molar-refractivity contribution < 1.29 is 33.6 Å². The first kappa shape index (κ1) is 19.9. The lowest BCUT2D eigenvalue weighted by molar-refractivity contribution is -0.183. The lowest BCUT2D eigenvalue weighted by Gasteiger charge is -2.23. The molecule has 1 saturated heterocycles. The Labute approximate surface area is 137 Å². The molecule has 4 unspecified atom stereocenters. The largest absolute Gasteiger partial charge is 0.455 e. The maximum absolute atomic E-state index is 11.9. The van der Waals surface area contributed by atoms with Crippen molar-refractivity contribution in [2.24, 2.45) is 0 Å². The molecule has 0 spiro atoms. The molecule has 1 fully saturated rings. The van der Waals surface area contributed by atoms with E-state index in [4.69, 9.17) is 18.9 Å². The summed E-state index contributed by atoms with van der Waals surface area (Å²) < 4.78 is 21.4. The molecule has 0 aromatic heterocycles. The second-order valence-corrected chi connectivity index (χ2v) is 5.58. The Hall–Kier alpha value is -1.18. The number of hydrogen-bond donors (Lipinski definition) is 1. The average Bonchev–Trinajstić information content (AvgIpc) is 2.87. The standard InChI is InChI=1S/C16H28O7/c1-4-6-8-12(18)22-14-11(10-17)21-16(20-3)15(14)23-13(19)9-7-5-2/h11,14-17H,4-10H2,1-3H3. The van der Waals surface area contributed by atoms with Gasteiger partial charge in [-0.3, -0.25) is 9.59 Å². The summed E-state index contributed by atoms with van der Waals surface area (Å²) >= 11 is 0. The Kier molecular flexibility index (Phi) is 9.13. The van der Waals surface area contributed by atoms with E-state index in [1.807, 2.05) is 13.8 Å². The molecule has 7 heteroatoms. The van der Waals surface area contributed by atoms with Gasteiger partial charge in [-0.25, -0.2) is 0 Å². The topological polar surface area (TPSA) is 91.3 Å². The first-order valence-electron chi connectivity index (χ1n) is 8.25. The summed E-state index contributed by atoms with van der Waals surface area (Å²) in [5, 5.41) is 9.42. The molecule has 0 aliphatic carbocycles. The number of unbranched alkanes of at least 4 members (excludes halogenated alkanes) is 2. The van der Waals surface area contributed by atoms with Gasteiger partial charge in [-0.05, 0) is 12.8 Å². The lowest BCUT2D eigenvalue weighted by atomic mass is 10.1. The van der Waals surface area contributed by atoms with Gasteiger partial charge < -0.3 is 24.1 Å². The van der Waals surface area contributed by atoms with Crippen molar-refractivity contribution in [3.8, 4) is 0 Å². The molecule has 1 N–H and O–H groups in total. The van der Waals surface area contributed by atoms with Crippen LogP contribution in [0, 0.1) is 0 Å². The summed E-state index contributed by atoms with van der Waals surface area (Å²) in [5.74, 6) is -0.791. The number of aliphatic hydroxyl groups excluding tert-OH is 1. The van der Waals surface area contributed by atoms with Gasteiger partial charge in [0.15, 0.2) is 18.5 Å². The van der Waals surface area contributed by atoms with E-state index in [0.29, 0.717) is 12.8 Å². The Bertz CT molecular complexity index is 337. The van der Waals surface area contributed by atoms with Crippen molar-refractivity contribution in [2.45, 2.75) is 77.0 Å². The average molecular weight is 332 g/mol. The van der Waals surface area contributed by atoms with Gasteiger partial charge in [-0.15, -0.1) is 0 Å². The molecule has 23 heavy (non-hydrogen) atoms. The lowest BCUT2D eigenvalue weighted by Crippen LogP contribution is -2.41.